The van der Waals surface area contributed by atoms with Gasteiger partial charge in [-0.2, -0.15) is 0 Å². The standard InChI is InChI=1S/C20H20N4O2S/c1-10(9-22-2)11-3-5-12(6-4-11)14-15-13-7-8-27-17(13)20(26)23-16(15)18(21)24-19(14)25/h3-8,10,22H,9H2,1-2H3,(H,23,26)(H3,21,24,25). The van der Waals surface area contributed by atoms with Gasteiger partial charge in [-0.25, -0.2) is 0 Å². The van der Waals surface area contributed by atoms with Crippen molar-refractivity contribution in [3.05, 3.63) is 62.0 Å². The predicted octanol–water partition coefficient (Wildman–Crippen LogP) is 3.00. The van der Waals surface area contributed by atoms with Gasteiger partial charge in [-0.3, -0.25) is 9.59 Å². The zero-order chi connectivity index (χ0) is 19.1. The third kappa shape index (κ3) is 2.85. The Bertz CT molecular complexity index is 1250. The summed E-state index contributed by atoms with van der Waals surface area (Å²) >= 11 is 1.35. The number of hydrogen-bond donors (Lipinski definition) is 4. The summed E-state index contributed by atoms with van der Waals surface area (Å²) in [5.41, 5.74) is 8.50. The number of likely N-dealkylation sites (N-methyl/N-ethyl adjacent to an activating group) is 1. The van der Waals surface area contributed by atoms with Crippen molar-refractivity contribution in [3.8, 4) is 11.1 Å². The molecule has 7 heteroatoms. The highest BCUT2D eigenvalue weighted by molar-refractivity contribution is 7.17. The molecule has 27 heavy (non-hydrogen) atoms. The molecule has 0 spiro atoms. The largest absolute Gasteiger partial charge is 0.383 e. The average Bonchev–Trinajstić information content (AvgIpc) is 3.14. The molecular weight excluding hydrogens is 360 g/mol. The zero-order valence-corrected chi connectivity index (χ0v) is 15.9. The highest BCUT2D eigenvalue weighted by atomic mass is 32.1. The Morgan fingerprint density at radius 1 is 1.11 bits per heavy atom. The topological polar surface area (TPSA) is 104 Å². The molecule has 1 unspecified atom stereocenters. The Hall–Kier alpha value is -2.90. The van der Waals surface area contributed by atoms with E-state index in [1.54, 1.807) is 0 Å². The molecule has 3 heterocycles. The molecule has 4 aromatic rings. The van der Waals surface area contributed by atoms with Gasteiger partial charge in [-0.1, -0.05) is 31.2 Å². The van der Waals surface area contributed by atoms with Gasteiger partial charge in [-0.15, -0.1) is 11.3 Å². The predicted molar refractivity (Wildman–Crippen MR) is 113 cm³/mol. The van der Waals surface area contributed by atoms with Gasteiger partial charge in [0.25, 0.3) is 11.1 Å². The average molecular weight is 380 g/mol. The van der Waals surface area contributed by atoms with Gasteiger partial charge in [0.05, 0.1) is 11.1 Å². The van der Waals surface area contributed by atoms with E-state index in [2.05, 4.69) is 22.2 Å². The van der Waals surface area contributed by atoms with Gasteiger partial charge in [-0.05, 0) is 35.5 Å². The maximum Gasteiger partial charge on any atom is 0.266 e. The summed E-state index contributed by atoms with van der Waals surface area (Å²) in [7, 11) is 1.93. The van der Waals surface area contributed by atoms with Crippen LogP contribution >= 0.6 is 11.3 Å². The molecule has 0 aliphatic heterocycles. The van der Waals surface area contributed by atoms with Crippen LogP contribution in [0, 0.1) is 0 Å². The second-order valence-corrected chi connectivity index (χ2v) is 7.61. The van der Waals surface area contributed by atoms with Crippen molar-refractivity contribution < 1.29 is 0 Å². The Morgan fingerprint density at radius 2 is 1.85 bits per heavy atom. The summed E-state index contributed by atoms with van der Waals surface area (Å²) < 4.78 is 0.591. The lowest BCUT2D eigenvalue weighted by molar-refractivity contribution is 0.678. The van der Waals surface area contributed by atoms with Crippen molar-refractivity contribution in [2.24, 2.45) is 0 Å². The maximum absolute atomic E-state index is 12.8. The Kier molecular flexibility index (Phi) is 4.33. The first-order valence-electron chi connectivity index (χ1n) is 8.71. The monoisotopic (exact) mass is 380 g/mol. The van der Waals surface area contributed by atoms with Gasteiger partial charge in [0.1, 0.15) is 10.5 Å². The van der Waals surface area contributed by atoms with Gasteiger partial charge in [0.2, 0.25) is 0 Å². The highest BCUT2D eigenvalue weighted by Gasteiger charge is 2.17. The fourth-order valence-corrected chi connectivity index (χ4v) is 4.35. The minimum Gasteiger partial charge on any atom is -0.383 e. The quantitative estimate of drug-likeness (QED) is 0.437. The summed E-state index contributed by atoms with van der Waals surface area (Å²) in [6, 6.07) is 9.84. The van der Waals surface area contributed by atoms with Crippen molar-refractivity contribution in [3.63, 3.8) is 0 Å². The molecule has 1 aromatic carbocycles. The molecule has 0 radical (unpaired) electrons. The molecule has 0 saturated carbocycles. The molecule has 1 atom stereocenters. The van der Waals surface area contributed by atoms with E-state index in [1.165, 1.54) is 16.9 Å². The number of aromatic nitrogens is 2. The molecule has 5 N–H and O–H groups in total. The third-order valence-electron chi connectivity index (χ3n) is 4.90. The van der Waals surface area contributed by atoms with Crippen LogP contribution in [0.2, 0.25) is 0 Å². The van der Waals surface area contributed by atoms with Crippen molar-refractivity contribution in [1.82, 2.24) is 15.3 Å². The number of nitrogens with one attached hydrogen (secondary N) is 3. The van der Waals surface area contributed by atoms with Crippen LogP contribution < -0.4 is 22.2 Å². The van der Waals surface area contributed by atoms with E-state index in [-0.39, 0.29) is 16.9 Å². The van der Waals surface area contributed by atoms with E-state index in [4.69, 9.17) is 5.73 Å². The van der Waals surface area contributed by atoms with Gasteiger partial charge in [0.15, 0.2) is 0 Å². The number of fused-ring (bicyclic) bond motifs is 3. The van der Waals surface area contributed by atoms with E-state index < -0.39 is 0 Å². The van der Waals surface area contributed by atoms with Crippen LogP contribution in [0.1, 0.15) is 18.4 Å². The summed E-state index contributed by atoms with van der Waals surface area (Å²) in [6.45, 7) is 3.03. The molecule has 138 valence electrons. The van der Waals surface area contributed by atoms with Gasteiger partial charge >= 0.3 is 0 Å². The normalized spacial score (nSPS) is 12.7. The lowest BCUT2D eigenvalue weighted by Crippen LogP contribution is -2.16. The summed E-state index contributed by atoms with van der Waals surface area (Å²) in [6.07, 6.45) is 0. The first-order chi connectivity index (χ1) is 13.0. The number of aromatic amines is 2. The second-order valence-electron chi connectivity index (χ2n) is 6.69. The molecule has 4 rings (SSSR count). The first-order valence-corrected chi connectivity index (χ1v) is 9.59. The van der Waals surface area contributed by atoms with E-state index in [9.17, 15) is 9.59 Å². The Morgan fingerprint density at radius 3 is 2.56 bits per heavy atom. The number of hydrogen-bond acceptors (Lipinski definition) is 5. The number of thiophene rings is 1. The summed E-state index contributed by atoms with van der Waals surface area (Å²) in [5.74, 6) is 0.536. The number of H-pyrrole nitrogens is 2. The second kappa shape index (κ2) is 6.68. The lowest BCUT2D eigenvalue weighted by atomic mass is 9.95. The van der Waals surface area contributed by atoms with Gasteiger partial charge < -0.3 is 21.0 Å². The Balaban J connectivity index is 2.01. The van der Waals surface area contributed by atoms with E-state index in [0.717, 1.165) is 17.5 Å². The third-order valence-corrected chi connectivity index (χ3v) is 5.82. The fraction of sp³-hybridized carbons (Fsp3) is 0.200. The smallest absolute Gasteiger partial charge is 0.266 e. The zero-order valence-electron chi connectivity index (χ0n) is 15.1. The van der Waals surface area contributed by atoms with Gasteiger partial charge in [0, 0.05) is 17.3 Å². The van der Waals surface area contributed by atoms with E-state index in [0.29, 0.717) is 27.1 Å². The SMILES string of the molecule is CNCC(C)c1ccc(-c2c(=O)[nH]c(N)c3[nH]c(=O)c4sccc4c23)cc1. The number of benzene rings is 1. The van der Waals surface area contributed by atoms with Crippen LogP contribution in [0.3, 0.4) is 0 Å². The molecule has 0 amide bonds. The first kappa shape index (κ1) is 17.5. The molecule has 0 aliphatic rings. The number of rotatable bonds is 4. The number of pyridine rings is 2. The molecule has 0 aliphatic carbocycles. The summed E-state index contributed by atoms with van der Waals surface area (Å²) in [4.78, 5) is 30.6. The van der Waals surface area contributed by atoms with Crippen LogP contribution in [0.25, 0.3) is 32.1 Å². The minimum absolute atomic E-state index is 0.170. The molecular formula is C20H20N4O2S. The van der Waals surface area contributed by atoms with Crippen molar-refractivity contribution >= 4 is 38.1 Å². The van der Waals surface area contributed by atoms with Crippen molar-refractivity contribution in [2.45, 2.75) is 12.8 Å². The molecule has 0 saturated heterocycles. The fourth-order valence-electron chi connectivity index (χ4n) is 3.55. The number of anilines is 1. The van der Waals surface area contributed by atoms with Crippen molar-refractivity contribution in [1.29, 1.82) is 0 Å². The van der Waals surface area contributed by atoms with Crippen LogP contribution in [0.15, 0.2) is 45.3 Å². The lowest BCUT2D eigenvalue weighted by Gasteiger charge is -2.13. The maximum atomic E-state index is 12.8. The van der Waals surface area contributed by atoms with Crippen LogP contribution in [0.5, 0.6) is 0 Å². The molecule has 6 nitrogen and oxygen atoms in total. The number of nitrogen functional groups attached to an aromatic ring is 1. The Labute approximate surface area is 159 Å². The number of nitrogens with two attached hydrogens (primary N) is 1. The van der Waals surface area contributed by atoms with E-state index in [1.807, 2.05) is 42.8 Å². The molecule has 0 bridgehead atoms. The van der Waals surface area contributed by atoms with Crippen molar-refractivity contribution in [2.75, 3.05) is 19.3 Å². The molecule has 3 aromatic heterocycles. The van der Waals surface area contributed by atoms with Crippen LogP contribution in [-0.2, 0) is 0 Å². The highest BCUT2D eigenvalue weighted by Crippen LogP contribution is 2.33. The molecule has 0 fully saturated rings. The van der Waals surface area contributed by atoms with Crippen LogP contribution in [0.4, 0.5) is 5.82 Å². The van der Waals surface area contributed by atoms with E-state index >= 15 is 0 Å². The summed E-state index contributed by atoms with van der Waals surface area (Å²) in [5, 5.41) is 6.46. The van der Waals surface area contributed by atoms with Crippen LogP contribution in [-0.4, -0.2) is 23.6 Å². The minimum atomic E-state index is -0.268.